The van der Waals surface area contributed by atoms with Crippen molar-refractivity contribution in [1.82, 2.24) is 10.1 Å². The number of nitrogens with zero attached hydrogens (tertiary/aromatic N) is 2. The van der Waals surface area contributed by atoms with Crippen molar-refractivity contribution in [1.29, 1.82) is 0 Å². The molecule has 5 heteroatoms. The number of thioether (sulfide) groups is 1. The number of aliphatic hydroxyl groups is 1. The second kappa shape index (κ2) is 4.31. The standard InChI is InChI=1S/C9H16N2O2S/c1-6(12)8-10-7(11-13-8)5-14-9(2,3)4/h6,12H,5H2,1-4H3. The Bertz CT molecular complexity index is 291. The van der Waals surface area contributed by atoms with Gasteiger partial charge in [-0.25, -0.2) is 0 Å². The Labute approximate surface area is 88.1 Å². The van der Waals surface area contributed by atoms with E-state index in [-0.39, 0.29) is 10.6 Å². The number of rotatable bonds is 3. The minimum atomic E-state index is -0.684. The summed E-state index contributed by atoms with van der Waals surface area (Å²) in [5.41, 5.74) is 0. The summed E-state index contributed by atoms with van der Waals surface area (Å²) >= 11 is 1.75. The number of hydrogen-bond acceptors (Lipinski definition) is 5. The highest BCUT2D eigenvalue weighted by molar-refractivity contribution is 7.99. The van der Waals surface area contributed by atoms with Gasteiger partial charge in [0, 0.05) is 4.75 Å². The van der Waals surface area contributed by atoms with Gasteiger partial charge in [-0.3, -0.25) is 0 Å². The van der Waals surface area contributed by atoms with Crippen LogP contribution >= 0.6 is 11.8 Å². The second-order valence-corrected chi connectivity index (χ2v) is 5.93. The monoisotopic (exact) mass is 216 g/mol. The van der Waals surface area contributed by atoms with Crippen LogP contribution in [-0.2, 0) is 5.75 Å². The molecule has 0 aliphatic rings. The molecule has 0 aliphatic heterocycles. The zero-order valence-corrected chi connectivity index (χ0v) is 9.76. The van der Waals surface area contributed by atoms with Crippen LogP contribution in [0.3, 0.4) is 0 Å². The first kappa shape index (κ1) is 11.5. The van der Waals surface area contributed by atoms with E-state index in [4.69, 9.17) is 9.63 Å². The molecular formula is C9H16N2O2S. The van der Waals surface area contributed by atoms with Crippen LogP contribution in [0, 0.1) is 0 Å². The summed E-state index contributed by atoms with van der Waals surface area (Å²) in [6, 6.07) is 0. The largest absolute Gasteiger partial charge is 0.384 e. The second-order valence-electron chi connectivity index (χ2n) is 4.13. The molecule has 1 aromatic rings. The van der Waals surface area contributed by atoms with Crippen LogP contribution in [0.5, 0.6) is 0 Å². The molecule has 0 spiro atoms. The molecule has 1 atom stereocenters. The van der Waals surface area contributed by atoms with Crippen molar-refractivity contribution in [3.63, 3.8) is 0 Å². The van der Waals surface area contributed by atoms with E-state index in [1.54, 1.807) is 18.7 Å². The molecular weight excluding hydrogens is 200 g/mol. The third kappa shape index (κ3) is 3.67. The van der Waals surface area contributed by atoms with Crippen LogP contribution < -0.4 is 0 Å². The van der Waals surface area contributed by atoms with Gasteiger partial charge in [0.15, 0.2) is 5.82 Å². The Morgan fingerprint density at radius 1 is 1.50 bits per heavy atom. The lowest BCUT2D eigenvalue weighted by Crippen LogP contribution is -2.07. The fourth-order valence-corrected chi connectivity index (χ4v) is 1.46. The quantitative estimate of drug-likeness (QED) is 0.839. The molecule has 1 aromatic heterocycles. The third-order valence-corrected chi connectivity index (χ3v) is 2.74. The topological polar surface area (TPSA) is 59.2 Å². The molecule has 14 heavy (non-hydrogen) atoms. The van der Waals surface area contributed by atoms with E-state index in [9.17, 15) is 0 Å². The predicted octanol–water partition coefficient (Wildman–Crippen LogP) is 2.15. The minimum absolute atomic E-state index is 0.186. The predicted molar refractivity (Wildman–Crippen MR) is 56.0 cm³/mol. The van der Waals surface area contributed by atoms with Gasteiger partial charge >= 0.3 is 0 Å². The molecule has 80 valence electrons. The maximum absolute atomic E-state index is 9.16. The smallest absolute Gasteiger partial charge is 0.255 e. The summed E-state index contributed by atoms with van der Waals surface area (Å²) in [7, 11) is 0. The average molecular weight is 216 g/mol. The van der Waals surface area contributed by atoms with Crippen molar-refractivity contribution in [3.05, 3.63) is 11.7 Å². The van der Waals surface area contributed by atoms with Crippen LogP contribution in [0.1, 0.15) is 45.5 Å². The summed E-state index contributed by atoms with van der Waals surface area (Å²) in [6.45, 7) is 8.00. The molecule has 0 saturated heterocycles. The van der Waals surface area contributed by atoms with E-state index in [0.29, 0.717) is 11.6 Å². The number of hydrogen-bond donors (Lipinski definition) is 1. The van der Waals surface area contributed by atoms with Gasteiger partial charge in [-0.05, 0) is 6.92 Å². The van der Waals surface area contributed by atoms with Gasteiger partial charge in [-0.15, -0.1) is 11.8 Å². The molecule has 4 nitrogen and oxygen atoms in total. The maximum atomic E-state index is 9.16. The van der Waals surface area contributed by atoms with E-state index < -0.39 is 6.10 Å². The van der Waals surface area contributed by atoms with E-state index in [1.165, 1.54) is 0 Å². The SMILES string of the molecule is CC(O)c1nc(CSC(C)(C)C)no1. The van der Waals surface area contributed by atoms with Gasteiger partial charge in [0.1, 0.15) is 6.10 Å². The molecule has 0 bridgehead atoms. The van der Waals surface area contributed by atoms with E-state index in [2.05, 4.69) is 30.9 Å². The van der Waals surface area contributed by atoms with Crippen LogP contribution in [0.25, 0.3) is 0 Å². The van der Waals surface area contributed by atoms with Gasteiger partial charge in [0.05, 0.1) is 5.75 Å². The molecule has 1 rings (SSSR count). The van der Waals surface area contributed by atoms with E-state index >= 15 is 0 Å². The normalized spacial score (nSPS) is 14.4. The molecule has 0 aliphatic carbocycles. The van der Waals surface area contributed by atoms with E-state index in [1.807, 2.05) is 0 Å². The Balaban J connectivity index is 2.52. The third-order valence-electron chi connectivity index (χ3n) is 1.48. The van der Waals surface area contributed by atoms with Crippen LogP contribution in [-0.4, -0.2) is 20.0 Å². The van der Waals surface area contributed by atoms with Gasteiger partial charge in [0.25, 0.3) is 5.89 Å². The molecule has 1 heterocycles. The highest BCUT2D eigenvalue weighted by atomic mass is 32.2. The summed E-state index contributed by atoms with van der Waals surface area (Å²) < 4.78 is 5.05. The lowest BCUT2D eigenvalue weighted by Gasteiger charge is -2.15. The maximum Gasteiger partial charge on any atom is 0.255 e. The summed E-state index contributed by atoms with van der Waals surface area (Å²) in [6.07, 6.45) is -0.684. The summed E-state index contributed by atoms with van der Waals surface area (Å²) in [5, 5.41) is 12.9. The Morgan fingerprint density at radius 2 is 2.14 bits per heavy atom. The van der Waals surface area contributed by atoms with Crippen LogP contribution in [0.15, 0.2) is 4.52 Å². The number of aromatic nitrogens is 2. The molecule has 0 amide bonds. The molecule has 1 N–H and O–H groups in total. The first-order chi connectivity index (χ1) is 6.38. The lowest BCUT2D eigenvalue weighted by molar-refractivity contribution is 0.151. The molecule has 0 saturated carbocycles. The van der Waals surface area contributed by atoms with Crippen molar-refractivity contribution in [2.45, 2.75) is 44.3 Å². The fraction of sp³-hybridized carbons (Fsp3) is 0.778. The Kier molecular flexibility index (Phi) is 3.55. The first-order valence-corrected chi connectivity index (χ1v) is 5.51. The van der Waals surface area contributed by atoms with Gasteiger partial charge < -0.3 is 9.63 Å². The average Bonchev–Trinajstić information content (AvgIpc) is 2.47. The highest BCUT2D eigenvalue weighted by Gasteiger charge is 2.15. The molecule has 0 radical (unpaired) electrons. The van der Waals surface area contributed by atoms with Crippen LogP contribution in [0.4, 0.5) is 0 Å². The molecule has 1 unspecified atom stereocenters. The fourth-order valence-electron chi connectivity index (χ4n) is 0.777. The van der Waals surface area contributed by atoms with Gasteiger partial charge in [-0.2, -0.15) is 4.98 Å². The molecule has 0 aromatic carbocycles. The van der Waals surface area contributed by atoms with Crippen LogP contribution in [0.2, 0.25) is 0 Å². The number of aliphatic hydroxyl groups excluding tert-OH is 1. The summed E-state index contributed by atoms with van der Waals surface area (Å²) in [5.74, 6) is 1.63. The zero-order valence-electron chi connectivity index (χ0n) is 8.94. The summed E-state index contributed by atoms with van der Waals surface area (Å²) in [4.78, 5) is 4.06. The van der Waals surface area contributed by atoms with Crippen molar-refractivity contribution in [2.24, 2.45) is 0 Å². The minimum Gasteiger partial charge on any atom is -0.384 e. The Morgan fingerprint density at radius 3 is 2.57 bits per heavy atom. The molecule has 0 fully saturated rings. The van der Waals surface area contributed by atoms with Crippen molar-refractivity contribution in [2.75, 3.05) is 0 Å². The van der Waals surface area contributed by atoms with Crippen molar-refractivity contribution < 1.29 is 9.63 Å². The van der Waals surface area contributed by atoms with Gasteiger partial charge in [0.2, 0.25) is 0 Å². The first-order valence-electron chi connectivity index (χ1n) is 4.53. The van der Waals surface area contributed by atoms with Crippen molar-refractivity contribution in [3.8, 4) is 0 Å². The zero-order chi connectivity index (χ0) is 10.8. The lowest BCUT2D eigenvalue weighted by atomic mass is 10.3. The van der Waals surface area contributed by atoms with Crippen molar-refractivity contribution >= 4 is 11.8 Å². The highest BCUT2D eigenvalue weighted by Crippen LogP contribution is 2.26. The Hall–Kier alpha value is -0.550. The van der Waals surface area contributed by atoms with Gasteiger partial charge in [-0.1, -0.05) is 25.9 Å². The van der Waals surface area contributed by atoms with E-state index in [0.717, 1.165) is 0 Å².